The maximum absolute atomic E-state index is 12.3. The highest BCUT2D eigenvalue weighted by Gasteiger charge is 2.30. The number of nitrogens with zero attached hydrogens (tertiary/aromatic N) is 1. The fraction of sp³-hybridized carbons (Fsp3) is 0.571. The Morgan fingerprint density at radius 1 is 1.27 bits per heavy atom. The zero-order valence-corrected chi connectivity index (χ0v) is 18.2. The molecule has 3 atom stereocenters. The van der Waals surface area contributed by atoms with Crippen LogP contribution in [0.5, 0.6) is 0 Å². The number of carbonyl (C=O) groups is 2. The number of ether oxygens (including phenoxy) is 1. The predicted octanol–water partition coefficient (Wildman–Crippen LogP) is 2.13. The van der Waals surface area contributed by atoms with Crippen LogP contribution in [0, 0.1) is 5.92 Å². The Hall–Kier alpha value is -2.42. The molecule has 30 heavy (non-hydrogen) atoms. The summed E-state index contributed by atoms with van der Waals surface area (Å²) in [7, 11) is -3.57. The van der Waals surface area contributed by atoms with Gasteiger partial charge in [0.2, 0.25) is 0 Å². The predicted molar refractivity (Wildman–Crippen MR) is 113 cm³/mol. The van der Waals surface area contributed by atoms with E-state index in [2.05, 4.69) is 22.0 Å². The molecule has 0 radical (unpaired) electrons. The van der Waals surface area contributed by atoms with Crippen LogP contribution in [0.4, 0.5) is 0 Å². The minimum absolute atomic E-state index is 0.0998. The van der Waals surface area contributed by atoms with E-state index in [1.54, 1.807) is 25.1 Å². The largest absolute Gasteiger partial charge is 0.453 e. The molecule has 8 nitrogen and oxygen atoms in total. The molecular formula is C21H29N3O5S. The molecule has 0 bridgehead atoms. The number of hydrogen-bond acceptors (Lipinski definition) is 6. The third-order valence-electron chi connectivity index (χ3n) is 5.59. The van der Waals surface area contributed by atoms with E-state index in [9.17, 15) is 18.0 Å². The lowest BCUT2D eigenvalue weighted by atomic mass is 9.86. The molecule has 0 saturated heterocycles. The Labute approximate surface area is 177 Å². The number of nitrogens with one attached hydrogen (secondary N) is 2. The second-order valence-electron chi connectivity index (χ2n) is 7.94. The van der Waals surface area contributed by atoms with Crippen LogP contribution in [-0.2, 0) is 24.3 Å². The summed E-state index contributed by atoms with van der Waals surface area (Å²) in [5.74, 6) is -0.0163. The van der Waals surface area contributed by atoms with E-state index >= 15 is 0 Å². The Kier molecular flexibility index (Phi) is 7.12. The van der Waals surface area contributed by atoms with Gasteiger partial charge in [0.05, 0.1) is 4.90 Å². The van der Waals surface area contributed by atoms with Gasteiger partial charge in [0.1, 0.15) is 5.84 Å². The van der Waals surface area contributed by atoms with Gasteiger partial charge < -0.3 is 10.1 Å². The molecule has 1 aliphatic heterocycles. The van der Waals surface area contributed by atoms with Crippen molar-refractivity contribution in [3.63, 3.8) is 0 Å². The maximum atomic E-state index is 12.3. The quantitative estimate of drug-likeness (QED) is 0.503. The van der Waals surface area contributed by atoms with E-state index in [0.717, 1.165) is 19.3 Å². The Morgan fingerprint density at radius 2 is 2.00 bits per heavy atom. The number of sulfonamides is 1. The topological polar surface area (TPSA) is 114 Å². The van der Waals surface area contributed by atoms with Gasteiger partial charge in [0.25, 0.3) is 15.9 Å². The van der Waals surface area contributed by atoms with E-state index in [1.807, 2.05) is 0 Å². The summed E-state index contributed by atoms with van der Waals surface area (Å²) < 4.78 is 31.8. The Balaban J connectivity index is 1.43. The first-order chi connectivity index (χ1) is 14.3. The van der Waals surface area contributed by atoms with E-state index < -0.39 is 22.1 Å². The van der Waals surface area contributed by atoms with Crippen LogP contribution < -0.4 is 10.0 Å². The fourth-order valence-electron chi connectivity index (χ4n) is 3.81. The molecule has 1 aliphatic carbocycles. The third kappa shape index (κ3) is 5.38. The van der Waals surface area contributed by atoms with Crippen LogP contribution in [0.25, 0.3) is 0 Å². The SMILES string of the molecule is C[C@H](OC(=O)CCCN=C1NS(=O)(=O)c2ccccc21)C(=O)N[C@@H]1CCCC[C@@H]1C. The number of esters is 1. The van der Waals surface area contributed by atoms with Gasteiger partial charge in [-0.1, -0.05) is 31.9 Å². The molecule has 1 fully saturated rings. The minimum Gasteiger partial charge on any atom is -0.453 e. The molecule has 2 aliphatic rings. The van der Waals surface area contributed by atoms with Gasteiger partial charge in [-0.25, -0.2) is 8.42 Å². The zero-order valence-electron chi connectivity index (χ0n) is 17.4. The van der Waals surface area contributed by atoms with E-state index in [4.69, 9.17) is 4.74 Å². The zero-order chi connectivity index (χ0) is 21.7. The third-order valence-corrected chi connectivity index (χ3v) is 6.99. The standard InChI is InChI=1S/C21H29N3O5S/c1-14-8-3-5-10-17(14)23-21(26)15(2)29-19(25)12-7-13-22-20-16-9-4-6-11-18(16)30(27,28)24-20/h4,6,9,11,14-15,17H,3,5,7-8,10,12-13H2,1-2H3,(H,22,24)(H,23,26)/t14-,15-,17+/m0/s1. The molecule has 164 valence electrons. The van der Waals surface area contributed by atoms with Crippen LogP contribution in [-0.4, -0.2) is 44.8 Å². The van der Waals surface area contributed by atoms with Crippen LogP contribution in [0.1, 0.15) is 57.9 Å². The monoisotopic (exact) mass is 435 g/mol. The van der Waals surface area contributed by atoms with Gasteiger partial charge in [-0.3, -0.25) is 19.3 Å². The molecule has 0 spiro atoms. The highest BCUT2D eigenvalue weighted by Crippen LogP contribution is 2.24. The van der Waals surface area contributed by atoms with Crippen molar-refractivity contribution in [3.05, 3.63) is 29.8 Å². The Morgan fingerprint density at radius 3 is 2.77 bits per heavy atom. The number of benzene rings is 1. The molecule has 1 aromatic rings. The number of fused-ring (bicyclic) bond motifs is 1. The highest BCUT2D eigenvalue weighted by atomic mass is 32.2. The van der Waals surface area contributed by atoms with Gasteiger partial charge in [-0.05, 0) is 44.2 Å². The summed E-state index contributed by atoms with van der Waals surface area (Å²) in [6, 6.07) is 6.75. The van der Waals surface area contributed by atoms with Crippen LogP contribution in [0.15, 0.2) is 34.2 Å². The molecular weight excluding hydrogens is 406 g/mol. The van der Waals surface area contributed by atoms with Gasteiger partial charge >= 0.3 is 5.97 Å². The van der Waals surface area contributed by atoms with Crippen molar-refractivity contribution < 1.29 is 22.7 Å². The van der Waals surface area contributed by atoms with Crippen molar-refractivity contribution in [1.29, 1.82) is 0 Å². The molecule has 1 amide bonds. The summed E-state index contributed by atoms with van der Waals surface area (Å²) in [5.41, 5.74) is 0.530. The number of rotatable bonds is 7. The molecule has 1 aromatic carbocycles. The van der Waals surface area contributed by atoms with Crippen molar-refractivity contribution >= 4 is 27.7 Å². The van der Waals surface area contributed by atoms with E-state index in [0.29, 0.717) is 17.9 Å². The second kappa shape index (κ2) is 9.59. The van der Waals surface area contributed by atoms with Crippen LogP contribution in [0.2, 0.25) is 0 Å². The molecule has 9 heteroatoms. The van der Waals surface area contributed by atoms with E-state index in [1.165, 1.54) is 12.5 Å². The first-order valence-electron chi connectivity index (χ1n) is 10.4. The lowest BCUT2D eigenvalue weighted by Gasteiger charge is -2.30. The van der Waals surface area contributed by atoms with E-state index in [-0.39, 0.29) is 35.6 Å². The van der Waals surface area contributed by atoms with Crippen molar-refractivity contribution in [1.82, 2.24) is 10.0 Å². The lowest BCUT2D eigenvalue weighted by Crippen LogP contribution is -2.45. The van der Waals surface area contributed by atoms with Crippen molar-refractivity contribution in [2.45, 2.75) is 69.4 Å². The van der Waals surface area contributed by atoms with Crippen molar-refractivity contribution in [2.24, 2.45) is 10.9 Å². The smallest absolute Gasteiger partial charge is 0.306 e. The summed E-state index contributed by atoms with van der Waals surface area (Å²) in [5, 5.41) is 2.99. The number of carbonyl (C=O) groups excluding carboxylic acids is 2. The van der Waals surface area contributed by atoms with Crippen LogP contribution >= 0.6 is 0 Å². The summed E-state index contributed by atoms with van der Waals surface area (Å²) in [6.07, 6.45) is 4.00. The number of aliphatic imine (C=N–C) groups is 1. The van der Waals surface area contributed by atoms with Gasteiger partial charge in [-0.2, -0.15) is 0 Å². The highest BCUT2D eigenvalue weighted by molar-refractivity contribution is 7.90. The number of amides is 1. The first kappa shape index (κ1) is 22.3. The average molecular weight is 436 g/mol. The maximum Gasteiger partial charge on any atom is 0.306 e. The van der Waals surface area contributed by atoms with Gasteiger partial charge in [0, 0.05) is 24.6 Å². The molecule has 1 saturated carbocycles. The van der Waals surface area contributed by atoms with Crippen molar-refractivity contribution in [3.8, 4) is 0 Å². The average Bonchev–Trinajstić information content (AvgIpc) is 2.97. The molecule has 3 rings (SSSR count). The second-order valence-corrected chi connectivity index (χ2v) is 9.60. The van der Waals surface area contributed by atoms with Gasteiger partial charge in [-0.15, -0.1) is 0 Å². The lowest BCUT2D eigenvalue weighted by molar-refractivity contribution is -0.155. The van der Waals surface area contributed by atoms with Crippen molar-refractivity contribution in [2.75, 3.05) is 6.54 Å². The molecule has 0 aromatic heterocycles. The minimum atomic E-state index is -3.57. The summed E-state index contributed by atoms with van der Waals surface area (Å²) in [6.45, 7) is 3.97. The summed E-state index contributed by atoms with van der Waals surface area (Å²) in [4.78, 5) is 28.8. The van der Waals surface area contributed by atoms with Gasteiger partial charge in [0.15, 0.2) is 6.10 Å². The molecule has 2 N–H and O–H groups in total. The number of hydrogen-bond donors (Lipinski definition) is 2. The van der Waals surface area contributed by atoms with Crippen LogP contribution in [0.3, 0.4) is 0 Å². The Bertz CT molecular complexity index is 928. The summed E-state index contributed by atoms with van der Waals surface area (Å²) >= 11 is 0. The normalized spacial score (nSPS) is 24.5. The number of amidine groups is 1. The first-order valence-corrected chi connectivity index (χ1v) is 11.9. The molecule has 1 heterocycles. The fourth-order valence-corrected chi connectivity index (χ4v) is 5.06. The molecule has 0 unspecified atom stereocenters.